The lowest BCUT2D eigenvalue weighted by Gasteiger charge is -2.29. The Morgan fingerprint density at radius 2 is 1.41 bits per heavy atom. The fourth-order valence-corrected chi connectivity index (χ4v) is 9.50. The molecule has 1 aliphatic heterocycles. The van der Waals surface area contributed by atoms with Crippen molar-refractivity contribution in [2.75, 3.05) is 0 Å². The molecule has 1 unspecified atom stereocenters. The van der Waals surface area contributed by atoms with Crippen molar-refractivity contribution in [3.05, 3.63) is 121 Å². The molecule has 0 N–H and O–H groups in total. The van der Waals surface area contributed by atoms with E-state index >= 15 is 4.57 Å². The summed E-state index contributed by atoms with van der Waals surface area (Å²) in [6.45, 7) is 2.01. The third-order valence-electron chi connectivity index (χ3n) is 8.24. The molecule has 4 heterocycles. The Kier molecular flexibility index (Phi) is 4.43. The van der Waals surface area contributed by atoms with Gasteiger partial charge in [0, 0.05) is 26.9 Å². The van der Waals surface area contributed by atoms with Gasteiger partial charge in [0.2, 0.25) is 0 Å². The molecular formula is C34H22N5OP. The van der Waals surface area contributed by atoms with Gasteiger partial charge in [-0.15, -0.1) is 0 Å². The Hall–Kier alpha value is -5.06. The van der Waals surface area contributed by atoms with Crippen LogP contribution in [-0.2, 0) is 4.57 Å². The molecule has 0 saturated carbocycles. The summed E-state index contributed by atoms with van der Waals surface area (Å²) in [4.78, 5) is 15.0. The molecule has 0 fully saturated rings. The van der Waals surface area contributed by atoms with Gasteiger partial charge in [-0.1, -0.05) is 60.7 Å². The molecule has 0 spiro atoms. The Balaban J connectivity index is 1.42. The number of rotatable bonds is 2. The smallest absolute Gasteiger partial charge is 0.175 e. The lowest BCUT2D eigenvalue weighted by atomic mass is 10.1. The zero-order chi connectivity index (χ0) is 27.3. The largest absolute Gasteiger partial charge is 0.308 e. The zero-order valence-electron chi connectivity index (χ0n) is 22.1. The van der Waals surface area contributed by atoms with Gasteiger partial charge in [0.25, 0.3) is 0 Å². The first-order valence-corrected chi connectivity index (χ1v) is 15.3. The fourth-order valence-electron chi connectivity index (χ4n) is 6.46. The molecule has 1 aliphatic rings. The first-order chi connectivity index (χ1) is 20.1. The minimum atomic E-state index is -3.25. The number of aryl methyl sites for hydroxylation is 1. The van der Waals surface area contributed by atoms with Gasteiger partial charge in [-0.3, -0.25) is 8.97 Å². The number of benzene rings is 5. The van der Waals surface area contributed by atoms with E-state index in [-0.39, 0.29) is 0 Å². The maximum atomic E-state index is 15.6. The van der Waals surface area contributed by atoms with Gasteiger partial charge >= 0.3 is 0 Å². The van der Waals surface area contributed by atoms with Crippen molar-refractivity contribution in [2.45, 2.75) is 6.92 Å². The highest BCUT2D eigenvalue weighted by Crippen LogP contribution is 2.50. The van der Waals surface area contributed by atoms with E-state index in [1.807, 2.05) is 91.9 Å². The second kappa shape index (κ2) is 8.00. The number of hydrogen-bond acceptors (Lipinski definition) is 4. The SMILES string of the molecule is Cc1nc2cccc3c2n1-c1ccc(-c2nc4ccccc4c4nc5ccccc5n24)cc1P3(=O)c1ccccc1. The highest BCUT2D eigenvalue weighted by atomic mass is 31.2. The predicted molar refractivity (Wildman–Crippen MR) is 166 cm³/mol. The normalized spacial score (nSPS) is 16.1. The van der Waals surface area contributed by atoms with E-state index < -0.39 is 7.14 Å². The first kappa shape index (κ1) is 22.7. The van der Waals surface area contributed by atoms with Crippen LogP contribution in [0.15, 0.2) is 115 Å². The molecule has 0 bridgehead atoms. The van der Waals surface area contributed by atoms with Crippen molar-refractivity contribution in [3.8, 4) is 17.1 Å². The number of imidazole rings is 2. The number of fused-ring (bicyclic) bond motifs is 7. The topological polar surface area (TPSA) is 65.1 Å². The molecule has 194 valence electrons. The molecule has 8 aromatic rings. The van der Waals surface area contributed by atoms with Crippen LogP contribution < -0.4 is 15.9 Å². The van der Waals surface area contributed by atoms with Crippen LogP contribution in [0.5, 0.6) is 0 Å². The van der Waals surface area contributed by atoms with Gasteiger partial charge in [-0.25, -0.2) is 15.0 Å². The van der Waals surface area contributed by atoms with Crippen molar-refractivity contribution >= 4 is 61.7 Å². The molecule has 1 atom stereocenters. The van der Waals surface area contributed by atoms with E-state index in [4.69, 9.17) is 15.0 Å². The molecule has 0 aliphatic carbocycles. The molecule has 5 aromatic carbocycles. The van der Waals surface area contributed by atoms with Crippen molar-refractivity contribution in [3.63, 3.8) is 0 Å². The van der Waals surface area contributed by atoms with Gasteiger partial charge in [-0.05, 0) is 61.5 Å². The maximum Gasteiger partial charge on any atom is 0.175 e. The Bertz CT molecular complexity index is 2420. The van der Waals surface area contributed by atoms with Crippen LogP contribution in [0.4, 0.5) is 0 Å². The summed E-state index contributed by atoms with van der Waals surface area (Å²) in [5, 5.41) is 3.40. The molecule has 0 saturated heterocycles. The zero-order valence-corrected chi connectivity index (χ0v) is 23.0. The highest BCUT2D eigenvalue weighted by Gasteiger charge is 2.39. The summed E-state index contributed by atoms with van der Waals surface area (Å²) in [6, 6.07) is 38.3. The van der Waals surface area contributed by atoms with Crippen LogP contribution in [0, 0.1) is 6.92 Å². The lowest BCUT2D eigenvalue weighted by Crippen LogP contribution is -2.33. The van der Waals surface area contributed by atoms with E-state index in [1.54, 1.807) is 0 Å². The van der Waals surface area contributed by atoms with Gasteiger partial charge in [0.1, 0.15) is 17.3 Å². The molecule has 3 aromatic heterocycles. The Morgan fingerprint density at radius 3 is 2.29 bits per heavy atom. The molecule has 6 nitrogen and oxygen atoms in total. The van der Waals surface area contributed by atoms with Gasteiger partial charge in [0.15, 0.2) is 7.14 Å². The number of hydrogen-bond donors (Lipinski definition) is 0. The van der Waals surface area contributed by atoms with Crippen molar-refractivity contribution in [1.82, 2.24) is 23.9 Å². The Labute approximate surface area is 234 Å². The van der Waals surface area contributed by atoms with Crippen LogP contribution in [-0.4, -0.2) is 23.9 Å². The first-order valence-electron chi connectivity index (χ1n) is 13.6. The average molecular weight is 548 g/mol. The van der Waals surface area contributed by atoms with Gasteiger partial charge in [-0.2, -0.15) is 0 Å². The van der Waals surface area contributed by atoms with Gasteiger partial charge < -0.3 is 4.57 Å². The van der Waals surface area contributed by atoms with Crippen LogP contribution in [0.2, 0.25) is 0 Å². The summed E-state index contributed by atoms with van der Waals surface area (Å²) in [7, 11) is -3.25. The minimum absolute atomic E-state index is 0.765. The second-order valence-electron chi connectivity index (χ2n) is 10.5. The second-order valence-corrected chi connectivity index (χ2v) is 13.2. The summed E-state index contributed by atoms with van der Waals surface area (Å²) >= 11 is 0. The molecular weight excluding hydrogens is 525 g/mol. The van der Waals surface area contributed by atoms with Crippen molar-refractivity contribution in [1.29, 1.82) is 0 Å². The molecule has 7 heteroatoms. The van der Waals surface area contributed by atoms with Crippen molar-refractivity contribution in [2.24, 2.45) is 0 Å². The molecule has 0 radical (unpaired) electrons. The number of para-hydroxylation sites is 4. The predicted octanol–water partition coefficient (Wildman–Crippen LogP) is 6.30. The highest BCUT2D eigenvalue weighted by molar-refractivity contribution is 7.86. The summed E-state index contributed by atoms with van der Waals surface area (Å²) in [5.41, 5.74) is 7.17. The van der Waals surface area contributed by atoms with E-state index in [2.05, 4.69) is 39.3 Å². The average Bonchev–Trinajstić information content (AvgIpc) is 3.58. The summed E-state index contributed by atoms with van der Waals surface area (Å²) < 4.78 is 19.9. The molecule has 9 rings (SSSR count). The Morgan fingerprint density at radius 1 is 0.659 bits per heavy atom. The number of nitrogens with zero attached hydrogens (tertiary/aromatic N) is 5. The van der Waals surface area contributed by atoms with Crippen LogP contribution >= 0.6 is 7.14 Å². The standard InChI is InChI=1S/C34H22N5OP/c1-21-35-27-15-9-17-30-32(27)38(21)29-19-18-22(20-31(29)41(30,40)23-10-3-2-4-11-23)33-36-25-13-6-5-12-24(25)34-37-26-14-7-8-16-28(26)39(33)34/h2-20H,1H3. The lowest BCUT2D eigenvalue weighted by molar-refractivity contribution is 0.592. The van der Waals surface area contributed by atoms with Crippen LogP contribution in [0.1, 0.15) is 5.82 Å². The van der Waals surface area contributed by atoms with Crippen LogP contribution in [0.25, 0.3) is 55.7 Å². The third-order valence-corrected chi connectivity index (χ3v) is 11.3. The van der Waals surface area contributed by atoms with Gasteiger partial charge in [0.05, 0.1) is 33.3 Å². The van der Waals surface area contributed by atoms with Crippen LogP contribution in [0.3, 0.4) is 0 Å². The van der Waals surface area contributed by atoms with E-state index in [0.29, 0.717) is 0 Å². The molecule has 0 amide bonds. The summed E-state index contributed by atoms with van der Waals surface area (Å²) in [6.07, 6.45) is 0. The number of aromatic nitrogens is 5. The quantitative estimate of drug-likeness (QED) is 0.238. The third kappa shape index (κ3) is 2.92. The molecule has 41 heavy (non-hydrogen) atoms. The summed E-state index contributed by atoms with van der Waals surface area (Å²) in [5.74, 6) is 1.63. The van der Waals surface area contributed by atoms with E-state index in [1.165, 1.54) is 0 Å². The minimum Gasteiger partial charge on any atom is -0.308 e. The monoisotopic (exact) mass is 547 g/mol. The van der Waals surface area contributed by atoms with Crippen molar-refractivity contribution < 1.29 is 4.57 Å². The maximum absolute atomic E-state index is 15.6. The fraction of sp³-hybridized carbons (Fsp3) is 0.0294. The van der Waals surface area contributed by atoms with E-state index in [9.17, 15) is 0 Å². The van der Waals surface area contributed by atoms with E-state index in [0.717, 1.165) is 77.4 Å².